The molecule has 1 atom stereocenters. The van der Waals surface area contributed by atoms with Crippen LogP contribution in [0.15, 0.2) is 65.6 Å². The number of nitrogens with one attached hydrogen (secondary N) is 1. The van der Waals surface area contributed by atoms with Crippen molar-refractivity contribution in [3.8, 4) is 0 Å². The number of hydrogen-bond donors (Lipinski definition) is 1. The van der Waals surface area contributed by atoms with Gasteiger partial charge in [0.25, 0.3) is 0 Å². The van der Waals surface area contributed by atoms with Crippen LogP contribution >= 0.6 is 0 Å². The molecule has 1 heterocycles. The lowest BCUT2D eigenvalue weighted by Crippen LogP contribution is -2.37. The number of fused-ring (bicyclic) bond motifs is 1. The number of halogens is 2. The molecule has 1 aliphatic rings. The molecule has 146 valence electrons. The van der Waals surface area contributed by atoms with Gasteiger partial charge in [0, 0.05) is 25.7 Å². The molecule has 1 unspecified atom stereocenters. The minimum atomic E-state index is -4.26. The van der Waals surface area contributed by atoms with Crippen LogP contribution in [0, 0.1) is 11.6 Å². The number of sulfonamides is 1. The van der Waals surface area contributed by atoms with Crippen molar-refractivity contribution >= 4 is 20.8 Å². The summed E-state index contributed by atoms with van der Waals surface area (Å²) in [6, 6.07) is 17.0. The largest absolute Gasteiger partial charge is 0.297 e. The summed E-state index contributed by atoms with van der Waals surface area (Å²) in [6.45, 7) is 1.89. The van der Waals surface area contributed by atoms with E-state index in [4.69, 9.17) is 0 Å². The summed E-state index contributed by atoms with van der Waals surface area (Å²) in [5.41, 5.74) is 1.14. The van der Waals surface area contributed by atoms with E-state index in [0.29, 0.717) is 26.1 Å². The number of nitrogens with zero attached hydrogens (tertiary/aromatic N) is 1. The second-order valence-electron chi connectivity index (χ2n) is 7.07. The van der Waals surface area contributed by atoms with Crippen LogP contribution in [-0.4, -0.2) is 32.4 Å². The van der Waals surface area contributed by atoms with Gasteiger partial charge in [-0.15, -0.1) is 0 Å². The topological polar surface area (TPSA) is 49.4 Å². The highest BCUT2D eigenvalue weighted by atomic mass is 32.2. The van der Waals surface area contributed by atoms with E-state index < -0.39 is 26.6 Å². The van der Waals surface area contributed by atoms with Crippen LogP contribution in [0.1, 0.15) is 12.0 Å². The molecule has 4 rings (SSSR count). The maximum absolute atomic E-state index is 13.8. The summed E-state index contributed by atoms with van der Waals surface area (Å²) in [5.74, 6) is -2.17. The van der Waals surface area contributed by atoms with Crippen LogP contribution in [0.5, 0.6) is 0 Å². The van der Waals surface area contributed by atoms with E-state index in [9.17, 15) is 17.2 Å². The van der Waals surface area contributed by atoms with Crippen LogP contribution < -0.4 is 4.72 Å². The fourth-order valence-corrected chi connectivity index (χ4v) is 5.08. The first kappa shape index (κ1) is 19.0. The van der Waals surface area contributed by atoms with E-state index in [-0.39, 0.29) is 6.04 Å². The number of rotatable bonds is 5. The SMILES string of the molecule is O=S(=O)(NC1CCN(Cc2ccc3ccccc3c2)C1)c1c(F)cccc1F. The third kappa shape index (κ3) is 3.92. The Morgan fingerprint density at radius 1 is 0.964 bits per heavy atom. The molecular formula is C21H20F2N2O2S. The first-order chi connectivity index (χ1) is 13.4. The highest BCUT2D eigenvalue weighted by Gasteiger charge is 2.30. The molecule has 4 nitrogen and oxygen atoms in total. The van der Waals surface area contributed by atoms with E-state index in [1.54, 1.807) is 0 Å². The van der Waals surface area contributed by atoms with Crippen molar-refractivity contribution in [2.24, 2.45) is 0 Å². The molecule has 0 saturated carbocycles. The molecule has 0 amide bonds. The van der Waals surface area contributed by atoms with Gasteiger partial charge in [0.1, 0.15) is 11.6 Å². The van der Waals surface area contributed by atoms with Gasteiger partial charge in [-0.3, -0.25) is 4.90 Å². The highest BCUT2D eigenvalue weighted by Crippen LogP contribution is 2.22. The molecule has 0 aliphatic carbocycles. The van der Waals surface area contributed by atoms with Gasteiger partial charge in [0.15, 0.2) is 4.90 Å². The lowest BCUT2D eigenvalue weighted by molar-refractivity contribution is 0.324. The van der Waals surface area contributed by atoms with Crippen molar-refractivity contribution in [1.82, 2.24) is 9.62 Å². The molecule has 3 aromatic carbocycles. The van der Waals surface area contributed by atoms with Gasteiger partial charge >= 0.3 is 0 Å². The molecule has 0 aromatic heterocycles. The molecular weight excluding hydrogens is 382 g/mol. The molecule has 7 heteroatoms. The molecule has 1 aliphatic heterocycles. The van der Waals surface area contributed by atoms with Crippen molar-refractivity contribution < 1.29 is 17.2 Å². The zero-order valence-electron chi connectivity index (χ0n) is 15.1. The summed E-state index contributed by atoms with van der Waals surface area (Å²) in [5, 5.41) is 2.33. The average Bonchev–Trinajstić information content (AvgIpc) is 3.07. The van der Waals surface area contributed by atoms with Crippen molar-refractivity contribution in [1.29, 1.82) is 0 Å². The Morgan fingerprint density at radius 2 is 1.68 bits per heavy atom. The Balaban J connectivity index is 1.43. The fraction of sp³-hybridized carbons (Fsp3) is 0.238. The van der Waals surface area contributed by atoms with Crippen LogP contribution in [0.3, 0.4) is 0 Å². The van der Waals surface area contributed by atoms with Gasteiger partial charge in [0.2, 0.25) is 10.0 Å². The third-order valence-electron chi connectivity index (χ3n) is 5.00. The van der Waals surface area contributed by atoms with E-state index in [1.807, 2.05) is 12.1 Å². The van der Waals surface area contributed by atoms with Crippen molar-refractivity contribution in [3.63, 3.8) is 0 Å². The summed E-state index contributed by atoms with van der Waals surface area (Å²) >= 11 is 0. The van der Waals surface area contributed by atoms with Gasteiger partial charge < -0.3 is 0 Å². The van der Waals surface area contributed by atoms with E-state index in [1.165, 1.54) is 5.39 Å². The Hall–Kier alpha value is -2.35. The minimum Gasteiger partial charge on any atom is -0.297 e. The molecule has 0 bridgehead atoms. The summed E-state index contributed by atoms with van der Waals surface area (Å²) in [7, 11) is -4.26. The van der Waals surface area contributed by atoms with Crippen LogP contribution in [0.25, 0.3) is 10.8 Å². The highest BCUT2D eigenvalue weighted by molar-refractivity contribution is 7.89. The smallest absolute Gasteiger partial charge is 0.246 e. The zero-order chi connectivity index (χ0) is 19.7. The van der Waals surface area contributed by atoms with Gasteiger partial charge in [-0.1, -0.05) is 42.5 Å². The van der Waals surface area contributed by atoms with Crippen molar-refractivity contribution in [2.45, 2.75) is 23.9 Å². The zero-order valence-corrected chi connectivity index (χ0v) is 15.9. The summed E-state index contributed by atoms with van der Waals surface area (Å²) in [6.07, 6.45) is 0.586. The molecule has 0 spiro atoms. The van der Waals surface area contributed by atoms with E-state index in [2.05, 4.69) is 40.0 Å². The van der Waals surface area contributed by atoms with Gasteiger partial charge in [-0.2, -0.15) is 0 Å². The molecule has 28 heavy (non-hydrogen) atoms. The number of hydrogen-bond acceptors (Lipinski definition) is 3. The summed E-state index contributed by atoms with van der Waals surface area (Å²) in [4.78, 5) is 1.22. The molecule has 1 fully saturated rings. The predicted octanol–water partition coefficient (Wildman–Crippen LogP) is 3.67. The molecule has 3 aromatic rings. The molecule has 1 N–H and O–H groups in total. The molecule has 1 saturated heterocycles. The van der Waals surface area contributed by atoms with Crippen LogP contribution in [0.2, 0.25) is 0 Å². The monoisotopic (exact) mass is 402 g/mol. The number of benzene rings is 3. The second-order valence-corrected chi connectivity index (χ2v) is 8.73. The first-order valence-electron chi connectivity index (χ1n) is 9.09. The van der Waals surface area contributed by atoms with Gasteiger partial charge in [0.05, 0.1) is 0 Å². The van der Waals surface area contributed by atoms with Gasteiger partial charge in [-0.05, 0) is 41.0 Å². The minimum absolute atomic E-state index is 0.385. The molecule has 0 radical (unpaired) electrons. The second kappa shape index (κ2) is 7.58. The van der Waals surface area contributed by atoms with Gasteiger partial charge in [-0.25, -0.2) is 21.9 Å². The van der Waals surface area contributed by atoms with Crippen molar-refractivity contribution in [2.75, 3.05) is 13.1 Å². The summed E-state index contributed by atoms with van der Waals surface area (Å²) < 4.78 is 55.0. The average molecular weight is 402 g/mol. The quantitative estimate of drug-likeness (QED) is 0.709. The maximum Gasteiger partial charge on any atom is 0.246 e. The normalized spacial score (nSPS) is 18.0. The third-order valence-corrected chi connectivity index (χ3v) is 6.57. The Labute approximate surface area is 162 Å². The lowest BCUT2D eigenvalue weighted by Gasteiger charge is -2.17. The predicted molar refractivity (Wildman–Crippen MR) is 104 cm³/mol. The number of likely N-dealkylation sites (tertiary alicyclic amines) is 1. The Bertz CT molecular complexity index is 1100. The Morgan fingerprint density at radius 3 is 2.43 bits per heavy atom. The first-order valence-corrected chi connectivity index (χ1v) is 10.6. The van der Waals surface area contributed by atoms with E-state index in [0.717, 1.165) is 29.1 Å². The maximum atomic E-state index is 13.8. The fourth-order valence-electron chi connectivity index (χ4n) is 3.69. The van der Waals surface area contributed by atoms with Crippen LogP contribution in [0.4, 0.5) is 8.78 Å². The lowest BCUT2D eigenvalue weighted by atomic mass is 10.1. The Kier molecular flexibility index (Phi) is 5.14. The van der Waals surface area contributed by atoms with E-state index >= 15 is 0 Å². The van der Waals surface area contributed by atoms with Crippen LogP contribution in [-0.2, 0) is 16.6 Å². The standard InChI is InChI=1S/C21H20F2N2O2S/c22-19-6-3-7-20(23)21(19)28(26,27)24-18-10-11-25(14-18)13-15-8-9-16-4-1-2-5-17(16)12-15/h1-9,12,18,24H,10-11,13-14H2. The van der Waals surface area contributed by atoms with Crippen molar-refractivity contribution in [3.05, 3.63) is 77.9 Å².